The van der Waals surface area contributed by atoms with E-state index in [4.69, 9.17) is 5.11 Å². The van der Waals surface area contributed by atoms with E-state index in [1.54, 1.807) is 13.2 Å². The van der Waals surface area contributed by atoms with Gasteiger partial charge in [0.15, 0.2) is 0 Å². The second-order valence-electron chi connectivity index (χ2n) is 6.26. The van der Waals surface area contributed by atoms with Crippen LogP contribution in [0.15, 0.2) is 54.7 Å². The molecule has 0 saturated carbocycles. The summed E-state index contributed by atoms with van der Waals surface area (Å²) in [5, 5.41) is 11.4. The number of carboxylic acid groups (broad SMARTS) is 1. The number of aromatic nitrogens is 2. The fourth-order valence-corrected chi connectivity index (χ4v) is 3.03. The molecule has 1 saturated heterocycles. The molecule has 0 unspecified atom stereocenters. The van der Waals surface area contributed by atoms with Crippen molar-refractivity contribution < 1.29 is 9.90 Å². The molecule has 25 heavy (non-hydrogen) atoms. The summed E-state index contributed by atoms with van der Waals surface area (Å²) in [5.41, 5.74) is 1.91. The minimum absolute atomic E-state index is 0.00887. The molecule has 1 N–H and O–H groups in total. The number of likely N-dealkylation sites (N-methyl/N-ethyl adjacent to an activating group) is 1. The minimum atomic E-state index is -0.907. The van der Waals surface area contributed by atoms with Gasteiger partial charge >= 0.3 is 6.09 Å². The number of hydrogen-bond donors (Lipinski definition) is 1. The average molecular weight is 334 g/mol. The van der Waals surface area contributed by atoms with Crippen LogP contribution in [0, 0.1) is 0 Å². The Labute approximate surface area is 145 Å². The van der Waals surface area contributed by atoms with E-state index in [1.807, 2.05) is 23.1 Å². The lowest BCUT2D eigenvalue weighted by atomic mass is 10.0. The molecule has 126 valence electrons. The van der Waals surface area contributed by atoms with Crippen LogP contribution >= 0.6 is 0 Å². The van der Waals surface area contributed by atoms with Crippen molar-refractivity contribution in [3.05, 3.63) is 54.7 Å². The molecule has 1 aliphatic rings. The summed E-state index contributed by atoms with van der Waals surface area (Å²) >= 11 is 0. The van der Waals surface area contributed by atoms with Gasteiger partial charge in [0.1, 0.15) is 0 Å². The Morgan fingerprint density at radius 3 is 2.68 bits per heavy atom. The average Bonchev–Trinajstić information content (AvgIpc) is 2.60. The van der Waals surface area contributed by atoms with Crippen molar-refractivity contribution >= 4 is 22.8 Å². The van der Waals surface area contributed by atoms with Crippen LogP contribution in [0.1, 0.15) is 0 Å². The molecule has 1 aliphatic heterocycles. The van der Waals surface area contributed by atoms with Crippen LogP contribution < -0.4 is 4.90 Å². The predicted octanol–water partition coefficient (Wildman–Crippen LogP) is 3.10. The van der Waals surface area contributed by atoms with Crippen LogP contribution in [0.4, 0.5) is 10.7 Å². The second kappa shape index (κ2) is 6.05. The minimum Gasteiger partial charge on any atom is -0.465 e. The zero-order valence-electron chi connectivity index (χ0n) is 13.8. The van der Waals surface area contributed by atoms with E-state index in [0.29, 0.717) is 19.0 Å². The van der Waals surface area contributed by atoms with E-state index in [2.05, 4.69) is 40.3 Å². The first kappa shape index (κ1) is 15.4. The molecule has 2 heterocycles. The van der Waals surface area contributed by atoms with Crippen LogP contribution in [-0.2, 0) is 0 Å². The van der Waals surface area contributed by atoms with E-state index in [0.717, 1.165) is 11.3 Å². The second-order valence-corrected chi connectivity index (χ2v) is 6.26. The number of benzene rings is 2. The Morgan fingerprint density at radius 1 is 1.16 bits per heavy atom. The van der Waals surface area contributed by atoms with Gasteiger partial charge in [0, 0.05) is 31.9 Å². The molecule has 0 radical (unpaired) electrons. The molecule has 1 amide bonds. The SMILES string of the molecule is CN(C(=O)O)C1CN(c2nccc(-c3ccc4ccccc4c3)n2)C1. The van der Waals surface area contributed by atoms with Crippen LogP contribution in [0.5, 0.6) is 0 Å². The van der Waals surface area contributed by atoms with Gasteiger partial charge in [-0.15, -0.1) is 0 Å². The third-order valence-corrected chi connectivity index (χ3v) is 4.68. The predicted molar refractivity (Wildman–Crippen MR) is 96.8 cm³/mol. The molecule has 6 heteroatoms. The maximum Gasteiger partial charge on any atom is 0.407 e. The molecule has 0 aliphatic carbocycles. The standard InChI is InChI=1S/C19H18N4O2/c1-22(19(24)25)16-11-23(12-16)18-20-9-8-17(21-18)15-7-6-13-4-2-3-5-14(13)10-15/h2-10,16H,11-12H2,1H3,(H,24,25). The quantitative estimate of drug-likeness (QED) is 0.797. The van der Waals surface area contributed by atoms with Crippen molar-refractivity contribution in [2.45, 2.75) is 6.04 Å². The fourth-order valence-electron chi connectivity index (χ4n) is 3.03. The smallest absolute Gasteiger partial charge is 0.407 e. The van der Waals surface area contributed by atoms with Crippen molar-refractivity contribution in [2.75, 3.05) is 25.0 Å². The number of carbonyl (C=O) groups is 1. The molecular formula is C19H18N4O2. The maximum absolute atomic E-state index is 11.0. The van der Waals surface area contributed by atoms with Crippen LogP contribution in [-0.4, -0.2) is 52.2 Å². The zero-order valence-corrected chi connectivity index (χ0v) is 13.8. The van der Waals surface area contributed by atoms with Crippen molar-refractivity contribution in [1.29, 1.82) is 0 Å². The molecule has 2 aromatic carbocycles. The van der Waals surface area contributed by atoms with Gasteiger partial charge in [0.05, 0.1) is 11.7 Å². The molecule has 6 nitrogen and oxygen atoms in total. The van der Waals surface area contributed by atoms with Gasteiger partial charge in [0.2, 0.25) is 5.95 Å². The van der Waals surface area contributed by atoms with E-state index >= 15 is 0 Å². The van der Waals surface area contributed by atoms with Crippen molar-refractivity contribution in [3.63, 3.8) is 0 Å². The van der Waals surface area contributed by atoms with Crippen molar-refractivity contribution in [3.8, 4) is 11.3 Å². The Morgan fingerprint density at radius 2 is 1.92 bits per heavy atom. The lowest BCUT2D eigenvalue weighted by Crippen LogP contribution is -2.60. The highest BCUT2D eigenvalue weighted by Crippen LogP contribution is 2.26. The van der Waals surface area contributed by atoms with E-state index in [1.165, 1.54) is 15.7 Å². The van der Waals surface area contributed by atoms with Gasteiger partial charge in [-0.3, -0.25) is 0 Å². The highest BCUT2D eigenvalue weighted by atomic mass is 16.4. The third-order valence-electron chi connectivity index (χ3n) is 4.68. The Balaban J connectivity index is 1.56. The normalized spacial score (nSPS) is 14.4. The number of amides is 1. The molecule has 0 bridgehead atoms. The van der Waals surface area contributed by atoms with Gasteiger partial charge < -0.3 is 14.9 Å². The van der Waals surface area contributed by atoms with E-state index in [-0.39, 0.29) is 6.04 Å². The summed E-state index contributed by atoms with van der Waals surface area (Å²) in [4.78, 5) is 23.3. The van der Waals surface area contributed by atoms with E-state index in [9.17, 15) is 4.79 Å². The molecule has 1 aromatic heterocycles. The van der Waals surface area contributed by atoms with Gasteiger partial charge in [-0.25, -0.2) is 14.8 Å². The third kappa shape index (κ3) is 2.87. The number of anilines is 1. The summed E-state index contributed by atoms with van der Waals surface area (Å²) in [6.07, 6.45) is 0.844. The largest absolute Gasteiger partial charge is 0.465 e. The lowest BCUT2D eigenvalue weighted by Gasteiger charge is -2.42. The summed E-state index contributed by atoms with van der Waals surface area (Å²) < 4.78 is 0. The van der Waals surface area contributed by atoms with Crippen LogP contribution in [0.3, 0.4) is 0 Å². The first-order valence-electron chi connectivity index (χ1n) is 8.15. The number of fused-ring (bicyclic) bond motifs is 1. The number of rotatable bonds is 3. The molecule has 0 spiro atoms. The van der Waals surface area contributed by atoms with Gasteiger partial charge in [-0.05, 0) is 22.9 Å². The summed E-state index contributed by atoms with van der Waals surface area (Å²) in [6, 6.07) is 16.4. The Bertz CT molecular complexity index is 937. The highest BCUT2D eigenvalue weighted by Gasteiger charge is 2.33. The van der Waals surface area contributed by atoms with Gasteiger partial charge in [0.25, 0.3) is 0 Å². The number of nitrogens with zero attached hydrogens (tertiary/aromatic N) is 4. The highest BCUT2D eigenvalue weighted by molar-refractivity contribution is 5.86. The summed E-state index contributed by atoms with van der Waals surface area (Å²) in [5.74, 6) is 0.640. The maximum atomic E-state index is 11.0. The van der Waals surface area contributed by atoms with Gasteiger partial charge in [-0.1, -0.05) is 36.4 Å². The molecule has 4 rings (SSSR count). The van der Waals surface area contributed by atoms with E-state index < -0.39 is 6.09 Å². The lowest BCUT2D eigenvalue weighted by molar-refractivity contribution is 0.129. The van der Waals surface area contributed by atoms with Crippen molar-refractivity contribution in [2.24, 2.45) is 0 Å². The first-order valence-corrected chi connectivity index (χ1v) is 8.15. The first-order chi connectivity index (χ1) is 12.1. The van der Waals surface area contributed by atoms with Gasteiger partial charge in [-0.2, -0.15) is 0 Å². The topological polar surface area (TPSA) is 69.6 Å². The van der Waals surface area contributed by atoms with Crippen LogP contribution in [0.2, 0.25) is 0 Å². The summed E-state index contributed by atoms with van der Waals surface area (Å²) in [7, 11) is 1.59. The van der Waals surface area contributed by atoms with Crippen LogP contribution in [0.25, 0.3) is 22.0 Å². The molecule has 3 aromatic rings. The van der Waals surface area contributed by atoms with Crippen molar-refractivity contribution in [1.82, 2.24) is 14.9 Å². The zero-order chi connectivity index (χ0) is 17.4. The molecule has 1 fully saturated rings. The number of hydrogen-bond acceptors (Lipinski definition) is 4. The molecule has 0 atom stereocenters. The Hall–Kier alpha value is -3.15. The fraction of sp³-hybridized carbons (Fsp3) is 0.211. The molecular weight excluding hydrogens is 316 g/mol. The summed E-state index contributed by atoms with van der Waals surface area (Å²) in [6.45, 7) is 1.23. The monoisotopic (exact) mass is 334 g/mol. The Kier molecular flexibility index (Phi) is 3.72.